The van der Waals surface area contributed by atoms with Crippen LogP contribution in [0.15, 0.2) is 12.2 Å². The molecule has 0 bridgehead atoms. The number of carboxylic acid groups (broad SMARTS) is 1. The van der Waals surface area contributed by atoms with Crippen LogP contribution in [0, 0.1) is 12.3 Å². The molecule has 0 aromatic rings. The lowest BCUT2D eigenvalue weighted by atomic mass is 10.2. The minimum atomic E-state index is -1.23. The van der Waals surface area contributed by atoms with Gasteiger partial charge in [-0.15, -0.1) is 12.3 Å². The lowest BCUT2D eigenvalue weighted by Crippen LogP contribution is -2.42. The van der Waals surface area contributed by atoms with Crippen LogP contribution in [-0.2, 0) is 19.2 Å². The lowest BCUT2D eigenvalue weighted by molar-refractivity contribution is -0.142. The normalized spacial score (nSPS) is 15.2. The molecule has 1 aliphatic heterocycles. The van der Waals surface area contributed by atoms with Crippen LogP contribution in [0.5, 0.6) is 0 Å². The number of nitrogens with one attached hydrogen (secondary N) is 1. The molecule has 0 fully saturated rings. The van der Waals surface area contributed by atoms with Crippen molar-refractivity contribution in [3.8, 4) is 12.3 Å². The topological polar surface area (TPSA) is 104 Å². The van der Waals surface area contributed by atoms with E-state index in [9.17, 15) is 19.2 Å². The summed E-state index contributed by atoms with van der Waals surface area (Å²) in [6.07, 6.45) is 6.89. The number of rotatable bonds is 6. The molecule has 1 aliphatic rings. The first-order valence-electron chi connectivity index (χ1n) is 5.45. The van der Waals surface area contributed by atoms with E-state index in [2.05, 4.69) is 11.2 Å². The smallest absolute Gasteiger partial charge is 0.327 e. The third kappa shape index (κ3) is 3.96. The summed E-state index contributed by atoms with van der Waals surface area (Å²) in [6, 6.07) is -1.17. The zero-order valence-corrected chi connectivity index (χ0v) is 9.96. The highest BCUT2D eigenvalue weighted by Crippen LogP contribution is 2.04. The molecule has 7 nitrogen and oxygen atoms in total. The number of hydrogen-bond acceptors (Lipinski definition) is 4. The van der Waals surface area contributed by atoms with Gasteiger partial charge in [0.25, 0.3) is 11.8 Å². The number of terminal acetylenes is 1. The average molecular weight is 264 g/mol. The molecule has 7 heteroatoms. The van der Waals surface area contributed by atoms with Crippen LogP contribution in [0.2, 0.25) is 0 Å². The molecule has 100 valence electrons. The number of imide groups is 1. The van der Waals surface area contributed by atoms with Gasteiger partial charge in [0, 0.05) is 31.5 Å². The van der Waals surface area contributed by atoms with Crippen LogP contribution >= 0.6 is 0 Å². The molecule has 0 aromatic heterocycles. The summed E-state index contributed by atoms with van der Waals surface area (Å²) < 4.78 is 0. The Kier molecular flexibility index (Phi) is 4.83. The van der Waals surface area contributed by atoms with Gasteiger partial charge >= 0.3 is 5.97 Å². The SMILES string of the molecule is C#CCC(NC(=O)CCN1C(=O)C=CC1=O)C(=O)O. The van der Waals surface area contributed by atoms with Gasteiger partial charge in [-0.25, -0.2) is 4.79 Å². The van der Waals surface area contributed by atoms with Gasteiger partial charge in [-0.3, -0.25) is 19.3 Å². The van der Waals surface area contributed by atoms with Gasteiger partial charge in [0.2, 0.25) is 5.91 Å². The lowest BCUT2D eigenvalue weighted by Gasteiger charge is -2.15. The predicted octanol–water partition coefficient (Wildman–Crippen LogP) is -1.11. The van der Waals surface area contributed by atoms with Crippen LogP contribution < -0.4 is 5.32 Å². The third-order valence-electron chi connectivity index (χ3n) is 2.42. The van der Waals surface area contributed by atoms with Crippen molar-refractivity contribution in [3.05, 3.63) is 12.2 Å². The van der Waals surface area contributed by atoms with Crippen molar-refractivity contribution < 1.29 is 24.3 Å². The summed E-state index contributed by atoms with van der Waals surface area (Å²) in [4.78, 5) is 45.5. The first-order valence-corrected chi connectivity index (χ1v) is 5.45. The summed E-state index contributed by atoms with van der Waals surface area (Å²) in [7, 11) is 0. The molecule has 0 spiro atoms. The fraction of sp³-hybridized carbons (Fsp3) is 0.333. The van der Waals surface area contributed by atoms with E-state index in [0.717, 1.165) is 17.1 Å². The second-order valence-corrected chi connectivity index (χ2v) is 3.78. The largest absolute Gasteiger partial charge is 0.480 e. The first-order chi connectivity index (χ1) is 8.95. The van der Waals surface area contributed by atoms with Gasteiger partial charge in [0.15, 0.2) is 0 Å². The molecule has 0 aromatic carbocycles. The average Bonchev–Trinajstić information content (AvgIpc) is 2.66. The Labute approximate surface area is 109 Å². The van der Waals surface area contributed by atoms with E-state index in [-0.39, 0.29) is 19.4 Å². The standard InChI is InChI=1S/C12H12N2O5/c1-2-3-8(12(18)19)13-9(15)6-7-14-10(16)4-5-11(14)17/h1,4-5,8H,3,6-7H2,(H,13,15)(H,18,19). The summed E-state index contributed by atoms with van der Waals surface area (Å²) in [5.41, 5.74) is 0. The molecule has 0 aliphatic carbocycles. The van der Waals surface area contributed by atoms with E-state index < -0.39 is 29.7 Å². The summed E-state index contributed by atoms with van der Waals surface area (Å²) in [5, 5.41) is 11.0. The van der Waals surface area contributed by atoms with Crippen molar-refractivity contribution in [2.75, 3.05) is 6.54 Å². The Hall–Kier alpha value is -2.62. The van der Waals surface area contributed by atoms with E-state index in [4.69, 9.17) is 11.5 Å². The molecular weight excluding hydrogens is 252 g/mol. The Balaban J connectivity index is 2.44. The highest BCUT2D eigenvalue weighted by Gasteiger charge is 2.24. The van der Waals surface area contributed by atoms with Crippen molar-refractivity contribution in [3.63, 3.8) is 0 Å². The molecule has 0 saturated heterocycles. The fourth-order valence-corrected chi connectivity index (χ4v) is 1.45. The number of aliphatic carboxylic acids is 1. The maximum absolute atomic E-state index is 11.5. The molecule has 1 unspecified atom stereocenters. The highest BCUT2D eigenvalue weighted by atomic mass is 16.4. The number of carboxylic acids is 1. The quantitative estimate of drug-likeness (QED) is 0.468. The van der Waals surface area contributed by atoms with E-state index in [1.807, 2.05) is 0 Å². The first kappa shape index (κ1) is 14.4. The molecule has 0 radical (unpaired) electrons. The van der Waals surface area contributed by atoms with Gasteiger partial charge in [-0.2, -0.15) is 0 Å². The van der Waals surface area contributed by atoms with Gasteiger partial charge in [0.1, 0.15) is 6.04 Å². The second-order valence-electron chi connectivity index (χ2n) is 3.78. The van der Waals surface area contributed by atoms with Crippen molar-refractivity contribution in [1.29, 1.82) is 0 Å². The van der Waals surface area contributed by atoms with E-state index >= 15 is 0 Å². The van der Waals surface area contributed by atoms with Gasteiger partial charge in [0.05, 0.1) is 0 Å². The summed E-state index contributed by atoms with van der Waals surface area (Å²) in [6.45, 7) is -0.0983. The number of carbonyl (C=O) groups is 4. The zero-order chi connectivity index (χ0) is 14.4. The highest BCUT2D eigenvalue weighted by molar-refractivity contribution is 6.13. The Morgan fingerprint density at radius 3 is 2.42 bits per heavy atom. The van der Waals surface area contributed by atoms with Crippen LogP contribution in [0.1, 0.15) is 12.8 Å². The predicted molar refractivity (Wildman–Crippen MR) is 63.5 cm³/mol. The van der Waals surface area contributed by atoms with E-state index in [1.54, 1.807) is 0 Å². The minimum absolute atomic E-state index is 0.0983. The van der Waals surface area contributed by atoms with Crippen molar-refractivity contribution in [2.24, 2.45) is 0 Å². The van der Waals surface area contributed by atoms with Crippen LogP contribution in [0.4, 0.5) is 0 Å². The van der Waals surface area contributed by atoms with Crippen LogP contribution in [-0.4, -0.2) is 46.3 Å². The molecule has 2 N–H and O–H groups in total. The molecule has 19 heavy (non-hydrogen) atoms. The number of hydrogen-bond donors (Lipinski definition) is 2. The Bertz CT molecular complexity index is 471. The third-order valence-corrected chi connectivity index (χ3v) is 2.42. The van der Waals surface area contributed by atoms with E-state index in [0.29, 0.717) is 0 Å². The number of amides is 3. The number of nitrogens with zero attached hydrogens (tertiary/aromatic N) is 1. The Morgan fingerprint density at radius 2 is 1.95 bits per heavy atom. The molecule has 1 atom stereocenters. The molecule has 1 rings (SSSR count). The van der Waals surface area contributed by atoms with Crippen molar-refractivity contribution >= 4 is 23.7 Å². The monoisotopic (exact) mass is 264 g/mol. The maximum atomic E-state index is 11.5. The second kappa shape index (κ2) is 6.35. The van der Waals surface area contributed by atoms with Gasteiger partial charge in [-0.1, -0.05) is 0 Å². The maximum Gasteiger partial charge on any atom is 0.327 e. The Morgan fingerprint density at radius 1 is 1.37 bits per heavy atom. The van der Waals surface area contributed by atoms with E-state index in [1.165, 1.54) is 0 Å². The number of carbonyl (C=O) groups excluding carboxylic acids is 3. The fourth-order valence-electron chi connectivity index (χ4n) is 1.45. The zero-order valence-electron chi connectivity index (χ0n) is 9.96. The minimum Gasteiger partial charge on any atom is -0.480 e. The molecular formula is C12H12N2O5. The van der Waals surface area contributed by atoms with Crippen LogP contribution in [0.25, 0.3) is 0 Å². The molecule has 1 heterocycles. The van der Waals surface area contributed by atoms with Gasteiger partial charge < -0.3 is 10.4 Å². The van der Waals surface area contributed by atoms with Crippen molar-refractivity contribution in [2.45, 2.75) is 18.9 Å². The molecule has 3 amide bonds. The van der Waals surface area contributed by atoms with Crippen LogP contribution in [0.3, 0.4) is 0 Å². The molecule has 0 saturated carbocycles. The van der Waals surface area contributed by atoms with Crippen molar-refractivity contribution in [1.82, 2.24) is 10.2 Å². The summed E-state index contributed by atoms with van der Waals surface area (Å²) >= 11 is 0. The van der Waals surface area contributed by atoms with Gasteiger partial charge in [-0.05, 0) is 0 Å². The summed E-state index contributed by atoms with van der Waals surface area (Å²) in [5.74, 6) is -0.660.